The SMILES string of the molecule is Oc1ccc2oc3ccccc3c2c1N=Nc1ccc(C(F)(F)F)cc1. The molecule has 4 aromatic rings. The van der Waals surface area contributed by atoms with Crippen molar-refractivity contribution in [3.8, 4) is 5.75 Å². The van der Waals surface area contributed by atoms with Crippen LogP contribution in [0.1, 0.15) is 5.56 Å². The van der Waals surface area contributed by atoms with E-state index in [1.165, 1.54) is 18.2 Å². The number of hydrogen-bond acceptors (Lipinski definition) is 4. The zero-order valence-electron chi connectivity index (χ0n) is 13.2. The van der Waals surface area contributed by atoms with Gasteiger partial charge in [-0.15, -0.1) is 5.11 Å². The molecule has 4 nitrogen and oxygen atoms in total. The second kappa shape index (κ2) is 5.87. The van der Waals surface area contributed by atoms with Gasteiger partial charge in [0.2, 0.25) is 0 Å². The highest BCUT2D eigenvalue weighted by Gasteiger charge is 2.29. The Kier molecular flexibility index (Phi) is 3.64. The van der Waals surface area contributed by atoms with E-state index in [0.29, 0.717) is 16.6 Å². The van der Waals surface area contributed by atoms with Gasteiger partial charge in [-0.25, -0.2) is 0 Å². The average molecular weight is 356 g/mol. The summed E-state index contributed by atoms with van der Waals surface area (Å²) in [5, 5.41) is 19.5. The fourth-order valence-electron chi connectivity index (χ4n) is 2.71. The van der Waals surface area contributed by atoms with E-state index in [1.54, 1.807) is 12.1 Å². The molecule has 26 heavy (non-hydrogen) atoms. The summed E-state index contributed by atoms with van der Waals surface area (Å²) >= 11 is 0. The fourth-order valence-corrected chi connectivity index (χ4v) is 2.71. The second-order valence-corrected chi connectivity index (χ2v) is 5.65. The van der Waals surface area contributed by atoms with Crippen molar-refractivity contribution in [1.82, 2.24) is 0 Å². The number of halogens is 3. The quantitative estimate of drug-likeness (QED) is 0.405. The Labute approximate surface area is 145 Å². The Bertz CT molecular complexity index is 1130. The molecule has 0 atom stereocenters. The molecule has 1 heterocycles. The molecule has 0 saturated heterocycles. The number of phenols is 1. The molecule has 0 unspecified atom stereocenters. The first-order valence-corrected chi connectivity index (χ1v) is 7.66. The van der Waals surface area contributed by atoms with Crippen LogP contribution < -0.4 is 0 Å². The third-order valence-electron chi connectivity index (χ3n) is 3.95. The number of alkyl halides is 3. The van der Waals surface area contributed by atoms with Crippen LogP contribution in [0, 0.1) is 0 Å². The number of azo groups is 1. The number of hydrogen-bond donors (Lipinski definition) is 1. The van der Waals surface area contributed by atoms with Crippen molar-refractivity contribution in [2.45, 2.75) is 6.18 Å². The highest BCUT2D eigenvalue weighted by Crippen LogP contribution is 2.41. The number of nitrogens with zero attached hydrogens (tertiary/aromatic N) is 2. The molecule has 1 N–H and O–H groups in total. The van der Waals surface area contributed by atoms with Gasteiger partial charge in [-0.3, -0.25) is 0 Å². The van der Waals surface area contributed by atoms with E-state index < -0.39 is 11.7 Å². The van der Waals surface area contributed by atoms with Crippen molar-refractivity contribution in [1.29, 1.82) is 0 Å². The third-order valence-corrected chi connectivity index (χ3v) is 3.95. The zero-order valence-corrected chi connectivity index (χ0v) is 13.2. The summed E-state index contributed by atoms with van der Waals surface area (Å²) in [4.78, 5) is 0. The number of para-hydroxylation sites is 1. The van der Waals surface area contributed by atoms with E-state index in [2.05, 4.69) is 10.2 Å². The number of fused-ring (bicyclic) bond motifs is 3. The molecule has 0 radical (unpaired) electrons. The molecule has 0 aliphatic carbocycles. The van der Waals surface area contributed by atoms with Crippen molar-refractivity contribution >= 4 is 33.3 Å². The average Bonchev–Trinajstić information content (AvgIpc) is 2.99. The molecule has 0 bridgehead atoms. The standard InChI is InChI=1S/C19H11F3N2O2/c20-19(21,22)11-5-7-12(8-6-11)23-24-18-14(25)9-10-16-17(18)13-3-1-2-4-15(13)26-16/h1-10,25H. The minimum atomic E-state index is -4.41. The lowest BCUT2D eigenvalue weighted by Crippen LogP contribution is -2.03. The zero-order chi connectivity index (χ0) is 18.3. The van der Waals surface area contributed by atoms with Crippen molar-refractivity contribution < 1.29 is 22.7 Å². The van der Waals surface area contributed by atoms with E-state index in [-0.39, 0.29) is 17.1 Å². The molecule has 7 heteroatoms. The van der Waals surface area contributed by atoms with Crippen LogP contribution in [0.4, 0.5) is 24.5 Å². The maximum Gasteiger partial charge on any atom is 0.416 e. The van der Waals surface area contributed by atoms with Crippen molar-refractivity contribution in [3.05, 3.63) is 66.2 Å². The molecule has 3 aromatic carbocycles. The van der Waals surface area contributed by atoms with E-state index >= 15 is 0 Å². The van der Waals surface area contributed by atoms with E-state index in [1.807, 2.05) is 18.2 Å². The molecular formula is C19H11F3N2O2. The normalized spacial score (nSPS) is 12.4. The molecule has 0 aliphatic heterocycles. The number of rotatable bonds is 2. The molecule has 0 spiro atoms. The van der Waals surface area contributed by atoms with Crippen LogP contribution in [0.5, 0.6) is 5.75 Å². The minimum Gasteiger partial charge on any atom is -0.506 e. The number of aromatic hydroxyl groups is 1. The lowest BCUT2D eigenvalue weighted by atomic mass is 10.1. The van der Waals surface area contributed by atoms with Gasteiger partial charge in [0, 0.05) is 5.39 Å². The highest BCUT2D eigenvalue weighted by atomic mass is 19.4. The minimum absolute atomic E-state index is 0.0975. The predicted molar refractivity (Wildman–Crippen MR) is 91.0 cm³/mol. The number of phenolic OH excluding ortho intramolecular Hbond substituents is 1. The largest absolute Gasteiger partial charge is 0.506 e. The van der Waals surface area contributed by atoms with Crippen LogP contribution >= 0.6 is 0 Å². The van der Waals surface area contributed by atoms with E-state index in [9.17, 15) is 18.3 Å². The summed E-state index contributed by atoms with van der Waals surface area (Å²) in [6.07, 6.45) is -4.41. The first-order valence-electron chi connectivity index (χ1n) is 7.66. The van der Waals surface area contributed by atoms with Gasteiger partial charge in [0.1, 0.15) is 22.6 Å². The number of benzene rings is 3. The van der Waals surface area contributed by atoms with Gasteiger partial charge in [-0.1, -0.05) is 18.2 Å². The molecule has 0 aliphatic rings. The maximum atomic E-state index is 12.6. The van der Waals surface area contributed by atoms with E-state index in [0.717, 1.165) is 17.5 Å². The monoisotopic (exact) mass is 356 g/mol. The van der Waals surface area contributed by atoms with Crippen LogP contribution in [0.25, 0.3) is 21.9 Å². The molecule has 1 aromatic heterocycles. The second-order valence-electron chi connectivity index (χ2n) is 5.65. The van der Waals surface area contributed by atoms with Crippen LogP contribution in [0.15, 0.2) is 75.3 Å². The first-order chi connectivity index (χ1) is 12.4. The number of furan rings is 1. The molecule has 0 fully saturated rings. The highest BCUT2D eigenvalue weighted by molar-refractivity contribution is 6.11. The predicted octanol–water partition coefficient (Wildman–Crippen LogP) is 6.73. The van der Waals surface area contributed by atoms with Crippen LogP contribution in [-0.4, -0.2) is 5.11 Å². The summed E-state index contributed by atoms with van der Waals surface area (Å²) in [5.41, 5.74) is 0.848. The van der Waals surface area contributed by atoms with Crippen molar-refractivity contribution in [2.75, 3.05) is 0 Å². The Balaban J connectivity index is 1.79. The van der Waals surface area contributed by atoms with Gasteiger partial charge in [0.15, 0.2) is 0 Å². The Hall–Kier alpha value is -3.35. The van der Waals surface area contributed by atoms with Crippen LogP contribution in [0.3, 0.4) is 0 Å². The van der Waals surface area contributed by atoms with Gasteiger partial charge in [0.25, 0.3) is 0 Å². The van der Waals surface area contributed by atoms with Gasteiger partial charge >= 0.3 is 6.18 Å². The topological polar surface area (TPSA) is 58.1 Å². The molecule has 0 amide bonds. The van der Waals surface area contributed by atoms with Gasteiger partial charge in [-0.05, 0) is 42.5 Å². The fraction of sp³-hybridized carbons (Fsp3) is 0.0526. The third kappa shape index (κ3) is 2.77. The maximum absolute atomic E-state index is 12.6. The Morgan fingerprint density at radius 3 is 2.27 bits per heavy atom. The summed E-state index contributed by atoms with van der Waals surface area (Å²) in [7, 11) is 0. The first kappa shape index (κ1) is 16.1. The Morgan fingerprint density at radius 1 is 0.808 bits per heavy atom. The van der Waals surface area contributed by atoms with E-state index in [4.69, 9.17) is 4.42 Å². The van der Waals surface area contributed by atoms with Crippen LogP contribution in [0.2, 0.25) is 0 Å². The molecule has 130 valence electrons. The molecule has 4 rings (SSSR count). The summed E-state index contributed by atoms with van der Waals surface area (Å²) in [5.74, 6) is -0.0975. The summed E-state index contributed by atoms with van der Waals surface area (Å²) in [6.45, 7) is 0. The van der Waals surface area contributed by atoms with Crippen molar-refractivity contribution in [2.24, 2.45) is 10.2 Å². The summed E-state index contributed by atoms with van der Waals surface area (Å²) < 4.78 is 43.6. The van der Waals surface area contributed by atoms with Gasteiger partial charge in [-0.2, -0.15) is 18.3 Å². The molecule has 0 saturated carbocycles. The lowest BCUT2D eigenvalue weighted by Gasteiger charge is -2.05. The van der Waals surface area contributed by atoms with Crippen LogP contribution in [-0.2, 0) is 6.18 Å². The summed E-state index contributed by atoms with van der Waals surface area (Å²) in [6, 6.07) is 14.7. The van der Waals surface area contributed by atoms with Crippen molar-refractivity contribution in [3.63, 3.8) is 0 Å². The van der Waals surface area contributed by atoms with Gasteiger partial charge < -0.3 is 9.52 Å². The lowest BCUT2D eigenvalue weighted by molar-refractivity contribution is -0.137. The smallest absolute Gasteiger partial charge is 0.416 e. The molecular weight excluding hydrogens is 345 g/mol. The van der Waals surface area contributed by atoms with Gasteiger partial charge in [0.05, 0.1) is 16.6 Å². The Morgan fingerprint density at radius 2 is 1.54 bits per heavy atom.